The van der Waals surface area contributed by atoms with Crippen molar-refractivity contribution in [2.24, 2.45) is 10.8 Å². The average Bonchev–Trinajstić information content (AvgIpc) is 3.24. The van der Waals surface area contributed by atoms with E-state index in [0.29, 0.717) is 47.3 Å². The first kappa shape index (κ1) is 44.3. The number of hydrogen-bond acceptors (Lipinski definition) is 11. The molecule has 5 aliphatic rings. The van der Waals surface area contributed by atoms with E-state index in [9.17, 15) is 24.8 Å². The SMILES string of the molecule is COc1cc(O[C@H]2C[C@H](N3CCOC4(CCN(c5ccc(C(=O)N[C@H]6C(C)(C)[C@H](Oc7cc(C)c(C#N)c(C)c7)C6(C)C)cc5)CC4)C3)C2)ccc1C(=O)NC1CCC(=O)NC1O. The summed E-state index contributed by atoms with van der Waals surface area (Å²) in [6.45, 7) is 16.6. The monoisotopic (exact) mass is 862 g/mol. The highest BCUT2D eigenvalue weighted by Gasteiger charge is 2.64. The molecule has 5 fully saturated rings. The fraction of sp³-hybridized carbons (Fsp3) is 0.551. The van der Waals surface area contributed by atoms with Gasteiger partial charge >= 0.3 is 0 Å². The van der Waals surface area contributed by atoms with E-state index in [0.717, 1.165) is 74.4 Å². The molecule has 0 aromatic heterocycles. The van der Waals surface area contributed by atoms with Crippen LogP contribution in [0.15, 0.2) is 54.6 Å². The van der Waals surface area contributed by atoms with Gasteiger partial charge in [-0.3, -0.25) is 19.3 Å². The number of nitrogens with zero attached hydrogens (tertiary/aromatic N) is 3. The molecule has 336 valence electrons. The fourth-order valence-corrected chi connectivity index (χ4v) is 11.0. The molecule has 2 atom stereocenters. The van der Waals surface area contributed by atoms with Crippen LogP contribution in [0.4, 0.5) is 5.69 Å². The van der Waals surface area contributed by atoms with Gasteiger partial charge in [0.05, 0.1) is 42.6 Å². The zero-order valence-corrected chi connectivity index (χ0v) is 37.6. The number of amides is 3. The van der Waals surface area contributed by atoms with Crippen molar-refractivity contribution < 1.29 is 38.4 Å². The summed E-state index contributed by atoms with van der Waals surface area (Å²) in [5.74, 6) is 1.03. The minimum absolute atomic E-state index is 0.0533. The molecule has 3 amide bonds. The molecule has 4 N–H and O–H groups in total. The van der Waals surface area contributed by atoms with Crippen LogP contribution in [-0.2, 0) is 9.53 Å². The Morgan fingerprint density at radius 3 is 2.22 bits per heavy atom. The molecule has 3 heterocycles. The maximum Gasteiger partial charge on any atom is 0.255 e. The third-order valence-corrected chi connectivity index (χ3v) is 14.4. The second-order valence-electron chi connectivity index (χ2n) is 19.5. The Balaban J connectivity index is 0.794. The summed E-state index contributed by atoms with van der Waals surface area (Å²) in [5, 5.41) is 28.3. The fourth-order valence-electron chi connectivity index (χ4n) is 11.0. The van der Waals surface area contributed by atoms with Gasteiger partial charge in [-0.25, -0.2) is 0 Å². The maximum absolute atomic E-state index is 13.6. The lowest BCUT2D eigenvalue weighted by atomic mass is 9.49. The minimum Gasteiger partial charge on any atom is -0.496 e. The van der Waals surface area contributed by atoms with Crippen LogP contribution in [0.2, 0.25) is 0 Å². The second kappa shape index (κ2) is 17.3. The highest BCUT2D eigenvalue weighted by atomic mass is 16.5. The van der Waals surface area contributed by atoms with Gasteiger partial charge in [0.2, 0.25) is 5.91 Å². The van der Waals surface area contributed by atoms with Crippen molar-refractivity contribution >= 4 is 23.4 Å². The summed E-state index contributed by atoms with van der Waals surface area (Å²) in [5.41, 5.74) is 3.70. The van der Waals surface area contributed by atoms with Crippen molar-refractivity contribution in [3.05, 3.63) is 82.4 Å². The third kappa shape index (κ3) is 8.80. The molecule has 8 rings (SSSR count). The number of anilines is 1. The summed E-state index contributed by atoms with van der Waals surface area (Å²) < 4.78 is 25.0. The van der Waals surface area contributed by atoms with E-state index in [1.807, 2.05) is 38.1 Å². The van der Waals surface area contributed by atoms with Crippen molar-refractivity contribution in [2.45, 2.75) is 122 Å². The molecule has 3 aliphatic heterocycles. The number of rotatable bonds is 11. The average molecular weight is 863 g/mol. The summed E-state index contributed by atoms with van der Waals surface area (Å²) in [6.07, 6.45) is 3.02. The first-order valence-electron chi connectivity index (χ1n) is 22.3. The first-order valence-corrected chi connectivity index (χ1v) is 22.3. The number of aliphatic hydroxyl groups is 1. The van der Waals surface area contributed by atoms with Gasteiger partial charge in [0, 0.05) is 85.7 Å². The topological polar surface area (TPSA) is 175 Å². The number of benzene rings is 3. The molecule has 14 heteroatoms. The predicted molar refractivity (Wildman–Crippen MR) is 237 cm³/mol. The number of aryl methyl sites for hydroxylation is 2. The molecule has 2 unspecified atom stereocenters. The molecule has 1 spiro atoms. The van der Waals surface area contributed by atoms with E-state index in [4.69, 9.17) is 18.9 Å². The van der Waals surface area contributed by atoms with Crippen LogP contribution in [0.5, 0.6) is 17.2 Å². The van der Waals surface area contributed by atoms with Crippen LogP contribution in [0.3, 0.4) is 0 Å². The zero-order valence-electron chi connectivity index (χ0n) is 37.6. The summed E-state index contributed by atoms with van der Waals surface area (Å²) in [6, 6.07) is 19.0. The normalized spacial score (nSPS) is 27.2. The zero-order chi connectivity index (χ0) is 44.8. The number of aliphatic hydroxyl groups excluding tert-OH is 1. The Hall–Kier alpha value is -5.36. The van der Waals surface area contributed by atoms with Gasteiger partial charge in [-0.1, -0.05) is 27.7 Å². The molecule has 3 aromatic rings. The first-order chi connectivity index (χ1) is 30.0. The van der Waals surface area contributed by atoms with Gasteiger partial charge < -0.3 is 44.9 Å². The summed E-state index contributed by atoms with van der Waals surface area (Å²) in [4.78, 5) is 43.2. The van der Waals surface area contributed by atoms with Crippen molar-refractivity contribution in [2.75, 3.05) is 44.8 Å². The summed E-state index contributed by atoms with van der Waals surface area (Å²) >= 11 is 0. The second-order valence-corrected chi connectivity index (χ2v) is 19.5. The molecule has 0 bridgehead atoms. The molecule has 3 saturated heterocycles. The lowest BCUT2D eigenvalue weighted by Crippen LogP contribution is -2.74. The van der Waals surface area contributed by atoms with E-state index in [1.165, 1.54) is 7.11 Å². The van der Waals surface area contributed by atoms with E-state index in [-0.39, 0.29) is 52.9 Å². The van der Waals surface area contributed by atoms with Gasteiger partial charge in [-0.15, -0.1) is 0 Å². The number of methoxy groups -OCH3 is 1. The van der Waals surface area contributed by atoms with Crippen LogP contribution in [0, 0.1) is 36.0 Å². The van der Waals surface area contributed by atoms with Gasteiger partial charge in [-0.05, 0) is 92.8 Å². The minimum atomic E-state index is -1.13. The lowest BCUT2D eigenvalue weighted by Gasteiger charge is -2.63. The van der Waals surface area contributed by atoms with E-state index in [2.05, 4.69) is 71.6 Å². The largest absolute Gasteiger partial charge is 0.496 e. The standard InChI is InChI=1S/C49H62N6O8/c1-29-22-35(23-30(2)38(29)27-50)63-46-47(3,4)45(48(46,5)6)53-42(57)31-8-10-32(11-9-31)54-18-16-49(17-19-54)28-55(20-21-61-49)33-24-36(25-33)62-34-12-13-37(40(26-34)60-7)43(58)51-39-14-15-41(56)52-44(39)59/h8-13,22-23,26,33,36,39,44-46,59H,14-21,24-25,28H2,1-7H3,(H,51,58)(H,52,56)(H,53,57)/t33-,36-,39?,44?,45-,46-. The Bertz CT molecular complexity index is 2220. The lowest BCUT2D eigenvalue weighted by molar-refractivity contribution is -0.164. The number of hydrogen-bond donors (Lipinski definition) is 4. The Kier molecular flexibility index (Phi) is 12.2. The van der Waals surface area contributed by atoms with Crippen molar-refractivity contribution in [3.63, 3.8) is 0 Å². The van der Waals surface area contributed by atoms with Crippen LogP contribution < -0.4 is 35.1 Å². The number of piperidine rings is 2. The number of nitriles is 1. The van der Waals surface area contributed by atoms with Gasteiger partial charge in [-0.2, -0.15) is 5.26 Å². The van der Waals surface area contributed by atoms with Crippen LogP contribution in [0.25, 0.3) is 0 Å². The Morgan fingerprint density at radius 1 is 0.905 bits per heavy atom. The van der Waals surface area contributed by atoms with E-state index < -0.39 is 18.2 Å². The van der Waals surface area contributed by atoms with Crippen LogP contribution in [0.1, 0.15) is 104 Å². The van der Waals surface area contributed by atoms with Crippen molar-refractivity contribution in [1.82, 2.24) is 20.9 Å². The van der Waals surface area contributed by atoms with E-state index >= 15 is 0 Å². The maximum atomic E-state index is 13.6. The van der Waals surface area contributed by atoms with E-state index in [1.54, 1.807) is 18.2 Å². The number of nitrogens with one attached hydrogen (secondary N) is 3. The number of morpholine rings is 1. The molecular weight excluding hydrogens is 801 g/mol. The van der Waals surface area contributed by atoms with Crippen molar-refractivity contribution in [1.29, 1.82) is 5.26 Å². The van der Waals surface area contributed by atoms with Gasteiger partial charge in [0.15, 0.2) is 0 Å². The molecule has 63 heavy (non-hydrogen) atoms. The van der Waals surface area contributed by atoms with Crippen LogP contribution >= 0.6 is 0 Å². The Labute approximate surface area is 370 Å². The smallest absolute Gasteiger partial charge is 0.255 e. The quantitative estimate of drug-likeness (QED) is 0.194. The predicted octanol–water partition coefficient (Wildman–Crippen LogP) is 5.40. The highest BCUT2D eigenvalue weighted by Crippen LogP contribution is 2.55. The summed E-state index contributed by atoms with van der Waals surface area (Å²) in [7, 11) is 1.51. The number of carbonyl (C=O) groups is 3. The van der Waals surface area contributed by atoms with Crippen LogP contribution in [-0.4, -0.2) is 110 Å². The van der Waals surface area contributed by atoms with Crippen molar-refractivity contribution in [3.8, 4) is 23.3 Å². The van der Waals surface area contributed by atoms with Gasteiger partial charge in [0.1, 0.15) is 35.7 Å². The highest BCUT2D eigenvalue weighted by molar-refractivity contribution is 5.97. The molecule has 14 nitrogen and oxygen atoms in total. The molecule has 2 saturated carbocycles. The number of carbonyl (C=O) groups excluding carboxylic acids is 3. The molecular formula is C49H62N6O8. The molecule has 0 radical (unpaired) electrons. The Morgan fingerprint density at radius 2 is 1.59 bits per heavy atom. The number of ether oxygens (including phenoxy) is 4. The molecule has 2 aliphatic carbocycles. The third-order valence-electron chi connectivity index (χ3n) is 14.4. The molecule has 3 aromatic carbocycles. The van der Waals surface area contributed by atoms with Gasteiger partial charge in [0.25, 0.3) is 11.8 Å².